The summed E-state index contributed by atoms with van der Waals surface area (Å²) in [6.07, 6.45) is -11.7. The van der Waals surface area contributed by atoms with Gasteiger partial charge in [-0.3, -0.25) is 5.01 Å². The monoisotopic (exact) mass is 610 g/mol. The van der Waals surface area contributed by atoms with Crippen molar-refractivity contribution in [3.05, 3.63) is 59.1 Å². The van der Waals surface area contributed by atoms with Crippen molar-refractivity contribution in [1.82, 2.24) is 4.31 Å². The molecular weight excluding hydrogens is 586 g/mol. The van der Waals surface area contributed by atoms with Gasteiger partial charge >= 0.3 is 12.4 Å². The lowest BCUT2D eigenvalue weighted by Gasteiger charge is -2.35. The molecule has 0 radical (unpaired) electrons. The molecule has 40 heavy (non-hydrogen) atoms. The van der Waals surface area contributed by atoms with Crippen LogP contribution in [0.1, 0.15) is 30.9 Å². The first-order valence-corrected chi connectivity index (χ1v) is 14.3. The average molecular weight is 611 g/mol. The van der Waals surface area contributed by atoms with E-state index in [1.165, 1.54) is 22.5 Å². The summed E-state index contributed by atoms with van der Waals surface area (Å²) in [5.41, 5.74) is -5.49. The molecule has 218 valence electrons. The summed E-state index contributed by atoms with van der Waals surface area (Å²) in [7, 11) is -3.29. The summed E-state index contributed by atoms with van der Waals surface area (Å²) >= 11 is 6.22. The van der Waals surface area contributed by atoms with E-state index in [9.17, 15) is 39.9 Å². The second-order valence-corrected chi connectivity index (χ2v) is 12.6. The number of hydrogen-bond acceptors (Lipinski definition) is 6. The Hall–Kier alpha value is -2.55. The van der Waals surface area contributed by atoms with E-state index in [-0.39, 0.29) is 16.0 Å². The van der Waals surface area contributed by atoms with E-state index in [2.05, 4.69) is 5.10 Å². The third kappa shape index (κ3) is 5.03. The van der Waals surface area contributed by atoms with Crippen molar-refractivity contribution in [3.63, 3.8) is 0 Å². The van der Waals surface area contributed by atoms with Crippen LogP contribution in [0.3, 0.4) is 0 Å². The van der Waals surface area contributed by atoms with Crippen molar-refractivity contribution in [2.75, 3.05) is 36.1 Å². The van der Waals surface area contributed by atoms with Gasteiger partial charge in [0.05, 0.1) is 27.7 Å². The Labute approximate surface area is 231 Å². The average Bonchev–Trinajstić information content (AvgIpc) is 3.67. The number of rotatable bonds is 6. The Kier molecular flexibility index (Phi) is 7.29. The first-order valence-electron chi connectivity index (χ1n) is 12.5. The Bertz CT molecular complexity index is 1370. The second kappa shape index (κ2) is 10.1. The van der Waals surface area contributed by atoms with E-state index in [1.54, 1.807) is 30.3 Å². The molecule has 3 aliphatic rings. The fourth-order valence-corrected chi connectivity index (χ4v) is 7.07. The molecule has 2 heterocycles. The lowest BCUT2D eigenvalue weighted by molar-refractivity contribution is -0.338. The minimum absolute atomic E-state index is 0.0516. The highest BCUT2D eigenvalue weighted by atomic mass is 35.5. The zero-order chi connectivity index (χ0) is 29.1. The Balaban J connectivity index is 1.41. The first kappa shape index (κ1) is 29.0. The number of para-hydroxylation sites is 1. The zero-order valence-electron chi connectivity index (χ0n) is 20.8. The molecule has 0 amide bonds. The van der Waals surface area contributed by atoms with E-state index >= 15 is 0 Å². The van der Waals surface area contributed by atoms with Crippen molar-refractivity contribution < 1.29 is 39.9 Å². The minimum Gasteiger partial charge on any atom is -0.369 e. The Morgan fingerprint density at radius 2 is 1.45 bits per heavy atom. The Morgan fingerprint density at radius 3 is 1.98 bits per heavy atom. The fraction of sp³-hybridized carbons (Fsp3) is 0.480. The molecule has 0 bridgehead atoms. The van der Waals surface area contributed by atoms with Crippen molar-refractivity contribution in [2.24, 2.45) is 5.10 Å². The molecule has 2 aromatic rings. The molecular formula is C25H25ClF6N4O3S. The van der Waals surface area contributed by atoms with E-state index < -0.39 is 46.2 Å². The van der Waals surface area contributed by atoms with Gasteiger partial charge in [-0.15, -0.1) is 0 Å². The highest BCUT2D eigenvalue weighted by Gasteiger charge is 2.74. The molecule has 7 nitrogen and oxygen atoms in total. The highest BCUT2D eigenvalue weighted by molar-refractivity contribution is 7.90. The highest BCUT2D eigenvalue weighted by Crippen LogP contribution is 2.49. The van der Waals surface area contributed by atoms with E-state index in [0.29, 0.717) is 44.6 Å². The van der Waals surface area contributed by atoms with Gasteiger partial charge < -0.3 is 10.0 Å². The molecule has 2 fully saturated rings. The SMILES string of the molecule is O=S(=O)(C1CC1)N1CCN(c2ccc(C3CC(C(O)(C(F)(F)F)C(F)(F)F)=NN3c3ccccc3Cl)cc2)CC1. The maximum atomic E-state index is 13.7. The summed E-state index contributed by atoms with van der Waals surface area (Å²) in [6.45, 7) is 1.48. The van der Waals surface area contributed by atoms with Crippen LogP contribution < -0.4 is 9.91 Å². The van der Waals surface area contributed by atoms with Gasteiger partial charge in [0.15, 0.2) is 0 Å². The molecule has 2 aliphatic heterocycles. The van der Waals surface area contributed by atoms with Crippen LogP contribution >= 0.6 is 11.6 Å². The van der Waals surface area contributed by atoms with Crippen LogP contribution in [0.25, 0.3) is 0 Å². The lowest BCUT2D eigenvalue weighted by Crippen LogP contribution is -2.62. The molecule has 5 rings (SSSR count). The second-order valence-electron chi connectivity index (χ2n) is 9.99. The van der Waals surface area contributed by atoms with Crippen LogP contribution in [0.4, 0.5) is 37.7 Å². The maximum Gasteiger partial charge on any atom is 0.431 e. The standard InChI is InChI=1S/C25H25ClF6N4O3S/c26-19-3-1-2-4-20(19)36-21(15-22(33-36)23(37,24(27,28)29)25(30,31)32)16-5-7-17(8-6-16)34-11-13-35(14-12-34)40(38,39)18-9-10-18/h1-8,18,21,37H,9-15H2. The van der Waals surface area contributed by atoms with Gasteiger partial charge in [-0.25, -0.2) is 8.42 Å². The lowest BCUT2D eigenvalue weighted by atomic mass is 9.90. The van der Waals surface area contributed by atoms with Crippen LogP contribution in [0.15, 0.2) is 53.6 Å². The minimum atomic E-state index is -6.07. The number of alkyl halides is 6. The van der Waals surface area contributed by atoms with Gasteiger partial charge in [0, 0.05) is 38.3 Å². The molecule has 0 aromatic heterocycles. The van der Waals surface area contributed by atoms with Crippen molar-refractivity contribution in [1.29, 1.82) is 0 Å². The smallest absolute Gasteiger partial charge is 0.369 e. The van der Waals surface area contributed by atoms with E-state index in [0.717, 1.165) is 10.7 Å². The number of hydrazone groups is 1. The number of halogens is 7. The first-order chi connectivity index (χ1) is 18.6. The molecule has 1 saturated heterocycles. The number of aliphatic hydroxyl groups is 1. The van der Waals surface area contributed by atoms with Crippen LogP contribution in [0.5, 0.6) is 0 Å². The van der Waals surface area contributed by atoms with Crippen LogP contribution in [0.2, 0.25) is 5.02 Å². The van der Waals surface area contributed by atoms with E-state index in [1.807, 2.05) is 4.90 Å². The number of hydrogen-bond donors (Lipinski definition) is 1. The van der Waals surface area contributed by atoms with Gasteiger partial charge in [-0.1, -0.05) is 35.9 Å². The van der Waals surface area contributed by atoms with Crippen molar-refractivity contribution >= 4 is 38.7 Å². The van der Waals surface area contributed by atoms with Crippen molar-refractivity contribution in [3.8, 4) is 0 Å². The molecule has 1 N–H and O–H groups in total. The third-order valence-electron chi connectivity index (χ3n) is 7.43. The third-order valence-corrected chi connectivity index (χ3v) is 10.2. The molecule has 1 atom stereocenters. The van der Waals surface area contributed by atoms with Crippen LogP contribution in [-0.4, -0.2) is 72.9 Å². The fourth-order valence-electron chi connectivity index (χ4n) is 5.02. The number of benzene rings is 2. The topological polar surface area (TPSA) is 76.5 Å². The molecule has 1 aliphatic carbocycles. The maximum absolute atomic E-state index is 13.7. The summed E-state index contributed by atoms with van der Waals surface area (Å²) in [5, 5.41) is 14.4. The Morgan fingerprint density at radius 1 is 0.875 bits per heavy atom. The van der Waals surface area contributed by atoms with Gasteiger partial charge in [0.1, 0.15) is 0 Å². The predicted molar refractivity (Wildman–Crippen MR) is 138 cm³/mol. The quantitative estimate of drug-likeness (QED) is 0.460. The molecule has 15 heteroatoms. The van der Waals surface area contributed by atoms with Gasteiger partial charge in [0.25, 0.3) is 5.60 Å². The molecule has 1 saturated carbocycles. The number of anilines is 2. The number of sulfonamides is 1. The largest absolute Gasteiger partial charge is 0.431 e. The number of nitrogens with zero attached hydrogens (tertiary/aromatic N) is 4. The number of piperazine rings is 1. The predicted octanol–water partition coefficient (Wildman–Crippen LogP) is 5.12. The van der Waals surface area contributed by atoms with Crippen LogP contribution in [0, 0.1) is 0 Å². The summed E-state index contributed by atoms with van der Waals surface area (Å²) in [4.78, 5) is 1.96. The van der Waals surface area contributed by atoms with Gasteiger partial charge in [-0.05, 0) is 42.7 Å². The molecule has 2 aromatic carbocycles. The molecule has 1 unspecified atom stereocenters. The van der Waals surface area contributed by atoms with Gasteiger partial charge in [0.2, 0.25) is 10.0 Å². The summed E-state index contributed by atoms with van der Waals surface area (Å²) < 4.78 is 108. The van der Waals surface area contributed by atoms with Crippen molar-refractivity contribution in [2.45, 2.75) is 48.5 Å². The van der Waals surface area contributed by atoms with E-state index in [4.69, 9.17) is 11.6 Å². The zero-order valence-corrected chi connectivity index (χ0v) is 22.4. The summed E-state index contributed by atoms with van der Waals surface area (Å²) in [6, 6.07) is 11.2. The van der Waals surface area contributed by atoms with Crippen LogP contribution in [-0.2, 0) is 10.0 Å². The normalized spacial score (nSPS) is 21.6. The van der Waals surface area contributed by atoms with Gasteiger partial charge in [-0.2, -0.15) is 35.7 Å². The molecule has 0 spiro atoms. The summed E-state index contributed by atoms with van der Waals surface area (Å²) in [5.74, 6) is 0.